The molecule has 1 aliphatic heterocycles. The van der Waals surface area contributed by atoms with Gasteiger partial charge in [-0.3, -0.25) is 4.79 Å². The van der Waals surface area contributed by atoms with Gasteiger partial charge in [-0.15, -0.1) is 12.4 Å². The molecule has 1 aromatic rings. The third-order valence-electron chi connectivity index (χ3n) is 2.72. The summed E-state index contributed by atoms with van der Waals surface area (Å²) in [6, 6.07) is 2.84. The number of anilines is 2. The lowest BCUT2D eigenvalue weighted by Gasteiger charge is -2.18. The van der Waals surface area contributed by atoms with Crippen molar-refractivity contribution in [2.75, 3.05) is 17.7 Å². The van der Waals surface area contributed by atoms with Crippen molar-refractivity contribution in [3.05, 3.63) is 17.8 Å². The first-order chi connectivity index (χ1) is 8.60. The molecule has 0 bridgehead atoms. The number of urea groups is 1. The van der Waals surface area contributed by atoms with Crippen molar-refractivity contribution in [1.29, 1.82) is 0 Å². The molecule has 0 saturated heterocycles. The quantitative estimate of drug-likeness (QED) is 0.657. The summed E-state index contributed by atoms with van der Waals surface area (Å²) >= 11 is 0. The number of nitrogens with zero attached hydrogens (tertiary/aromatic N) is 1. The van der Waals surface area contributed by atoms with E-state index >= 15 is 0 Å². The molecular weight excluding hydrogens is 270 g/mol. The molecule has 1 unspecified atom stereocenters. The number of hydrogen-bond acceptors (Lipinski definition) is 4. The van der Waals surface area contributed by atoms with Gasteiger partial charge in [0, 0.05) is 0 Å². The van der Waals surface area contributed by atoms with Crippen LogP contribution in [0.2, 0.25) is 0 Å². The van der Waals surface area contributed by atoms with Crippen molar-refractivity contribution in [2.24, 2.45) is 0 Å². The molecule has 3 amide bonds. The number of amides is 3. The van der Waals surface area contributed by atoms with Crippen molar-refractivity contribution in [3.63, 3.8) is 0 Å². The molecule has 0 aliphatic carbocycles. The molecule has 4 N–H and O–H groups in total. The van der Waals surface area contributed by atoms with Crippen LogP contribution in [-0.4, -0.2) is 30.0 Å². The van der Waals surface area contributed by atoms with Gasteiger partial charge >= 0.3 is 6.03 Å². The van der Waals surface area contributed by atoms with E-state index in [1.165, 1.54) is 0 Å². The van der Waals surface area contributed by atoms with Crippen molar-refractivity contribution in [2.45, 2.75) is 19.5 Å². The Balaban J connectivity index is 0.00000180. The highest BCUT2D eigenvalue weighted by Crippen LogP contribution is 2.19. The monoisotopic (exact) mass is 285 g/mol. The zero-order valence-corrected chi connectivity index (χ0v) is 11.4. The summed E-state index contributed by atoms with van der Waals surface area (Å²) in [6.07, 6.45) is 0. The first-order valence-corrected chi connectivity index (χ1v) is 5.63. The zero-order valence-electron chi connectivity index (χ0n) is 10.6. The minimum Gasteiger partial charge on any atom is -0.332 e. The fourth-order valence-electron chi connectivity index (χ4n) is 1.52. The van der Waals surface area contributed by atoms with Gasteiger partial charge < -0.3 is 21.3 Å². The maximum Gasteiger partial charge on any atom is 0.319 e. The van der Waals surface area contributed by atoms with Crippen LogP contribution in [-0.2, 0) is 11.3 Å². The Hall–Kier alpha value is -1.86. The average molecular weight is 286 g/mol. The molecule has 2 rings (SSSR count). The van der Waals surface area contributed by atoms with Crippen LogP contribution in [0.3, 0.4) is 0 Å². The second-order valence-corrected chi connectivity index (χ2v) is 4.00. The number of rotatable bonds is 3. The molecule has 8 heteroatoms. The van der Waals surface area contributed by atoms with Crippen LogP contribution < -0.4 is 21.3 Å². The van der Waals surface area contributed by atoms with Gasteiger partial charge in [-0.2, -0.15) is 0 Å². The topological polar surface area (TPSA) is 95.2 Å². The largest absolute Gasteiger partial charge is 0.332 e. The van der Waals surface area contributed by atoms with E-state index in [1.54, 1.807) is 26.1 Å². The second-order valence-electron chi connectivity index (χ2n) is 4.00. The highest BCUT2D eigenvalue weighted by Gasteiger charge is 2.16. The third-order valence-corrected chi connectivity index (χ3v) is 2.72. The van der Waals surface area contributed by atoms with Crippen molar-refractivity contribution < 1.29 is 9.59 Å². The number of nitrogens with one attached hydrogen (secondary N) is 4. The van der Waals surface area contributed by atoms with Crippen LogP contribution in [0.1, 0.15) is 12.6 Å². The summed E-state index contributed by atoms with van der Waals surface area (Å²) < 4.78 is 0. The number of hydrogen-bond donors (Lipinski definition) is 4. The molecule has 2 heterocycles. The van der Waals surface area contributed by atoms with Crippen molar-refractivity contribution >= 4 is 35.9 Å². The second kappa shape index (κ2) is 6.35. The number of carbonyl (C=O) groups is 2. The van der Waals surface area contributed by atoms with Gasteiger partial charge in [0.2, 0.25) is 5.91 Å². The van der Waals surface area contributed by atoms with Crippen LogP contribution in [0, 0.1) is 0 Å². The predicted molar refractivity (Wildman–Crippen MR) is 74.5 cm³/mol. The lowest BCUT2D eigenvalue weighted by Crippen LogP contribution is -2.36. The molecule has 1 aromatic heterocycles. The maximum absolute atomic E-state index is 11.7. The van der Waals surface area contributed by atoms with E-state index in [0.717, 1.165) is 0 Å². The van der Waals surface area contributed by atoms with Crippen LogP contribution in [0.5, 0.6) is 0 Å². The molecule has 7 nitrogen and oxygen atoms in total. The van der Waals surface area contributed by atoms with Crippen molar-refractivity contribution in [1.82, 2.24) is 15.6 Å². The predicted octanol–water partition coefficient (Wildman–Crippen LogP) is 0.685. The number of pyridine rings is 1. The van der Waals surface area contributed by atoms with Gasteiger partial charge in [-0.1, -0.05) is 0 Å². The Morgan fingerprint density at radius 1 is 1.47 bits per heavy atom. The van der Waals surface area contributed by atoms with Crippen LogP contribution in [0.15, 0.2) is 12.1 Å². The fraction of sp³-hybridized carbons (Fsp3) is 0.364. The number of carbonyl (C=O) groups excluding carboxylic acids is 2. The first kappa shape index (κ1) is 15.2. The number of aromatic nitrogens is 1. The van der Waals surface area contributed by atoms with Gasteiger partial charge in [0.15, 0.2) is 0 Å². The molecule has 0 radical (unpaired) electrons. The smallest absolute Gasteiger partial charge is 0.319 e. The van der Waals surface area contributed by atoms with Crippen LogP contribution in [0.4, 0.5) is 16.3 Å². The highest BCUT2D eigenvalue weighted by molar-refractivity contribution is 5.95. The van der Waals surface area contributed by atoms with Gasteiger partial charge in [0.1, 0.15) is 5.82 Å². The molecule has 0 saturated carbocycles. The molecule has 1 aliphatic rings. The lowest BCUT2D eigenvalue weighted by atomic mass is 10.2. The van der Waals surface area contributed by atoms with E-state index < -0.39 is 0 Å². The van der Waals surface area contributed by atoms with E-state index in [0.29, 0.717) is 23.7 Å². The van der Waals surface area contributed by atoms with Crippen LogP contribution >= 0.6 is 12.4 Å². The molecule has 0 fully saturated rings. The Bertz CT molecular complexity index is 494. The zero-order chi connectivity index (χ0) is 13.1. The van der Waals surface area contributed by atoms with Gasteiger partial charge in [0.25, 0.3) is 0 Å². The highest BCUT2D eigenvalue weighted by atomic mass is 35.5. The number of likely N-dealkylation sites (N-methyl/N-ethyl adjacent to an activating group) is 1. The molecule has 0 aromatic carbocycles. The van der Waals surface area contributed by atoms with Gasteiger partial charge in [0.05, 0.1) is 24.0 Å². The Morgan fingerprint density at radius 2 is 2.21 bits per heavy atom. The number of halogens is 1. The standard InChI is InChI=1S/C11H15N5O2.ClH/c1-6(12-2)10(17)16-9-4-3-7-8(14-9)5-13-11(18)15-7;/h3-4,6,12H,5H2,1-2H3,(H2,13,15,18)(H,14,16,17);1H. The van der Waals surface area contributed by atoms with Crippen LogP contribution in [0.25, 0.3) is 0 Å². The van der Waals surface area contributed by atoms with E-state index in [1.807, 2.05) is 0 Å². The molecular formula is C11H16ClN5O2. The summed E-state index contributed by atoms with van der Waals surface area (Å²) in [5.74, 6) is 0.316. The summed E-state index contributed by atoms with van der Waals surface area (Å²) in [4.78, 5) is 27.0. The summed E-state index contributed by atoms with van der Waals surface area (Å²) in [7, 11) is 1.71. The maximum atomic E-state index is 11.7. The summed E-state index contributed by atoms with van der Waals surface area (Å²) in [5.41, 5.74) is 1.36. The Labute approximate surface area is 117 Å². The van der Waals surface area contributed by atoms with Gasteiger partial charge in [-0.25, -0.2) is 9.78 Å². The molecule has 19 heavy (non-hydrogen) atoms. The molecule has 0 spiro atoms. The van der Waals surface area contributed by atoms with E-state index in [2.05, 4.69) is 26.3 Å². The van der Waals surface area contributed by atoms with Crippen molar-refractivity contribution in [3.8, 4) is 0 Å². The summed E-state index contributed by atoms with van der Waals surface area (Å²) in [5, 5.41) is 10.8. The van der Waals surface area contributed by atoms with E-state index in [-0.39, 0.29) is 30.4 Å². The average Bonchev–Trinajstić information content (AvgIpc) is 2.38. The Morgan fingerprint density at radius 3 is 2.89 bits per heavy atom. The van der Waals surface area contributed by atoms with Gasteiger partial charge in [-0.05, 0) is 26.1 Å². The fourth-order valence-corrected chi connectivity index (χ4v) is 1.52. The third kappa shape index (κ3) is 3.55. The first-order valence-electron chi connectivity index (χ1n) is 5.63. The minimum absolute atomic E-state index is 0. The Kier molecular flexibility index (Phi) is 5.08. The van der Waals surface area contributed by atoms with E-state index in [4.69, 9.17) is 0 Å². The number of fused-ring (bicyclic) bond motifs is 1. The minimum atomic E-state index is -0.291. The SMILES string of the molecule is CNC(C)C(=O)Nc1ccc2c(n1)CNC(=O)N2.Cl. The van der Waals surface area contributed by atoms with E-state index in [9.17, 15) is 9.59 Å². The summed E-state index contributed by atoms with van der Waals surface area (Å²) in [6.45, 7) is 2.11. The molecule has 1 atom stereocenters. The lowest BCUT2D eigenvalue weighted by molar-refractivity contribution is -0.117. The molecule has 104 valence electrons. The normalized spacial score (nSPS) is 14.3.